The van der Waals surface area contributed by atoms with Crippen LogP contribution in [0.3, 0.4) is 0 Å². The predicted molar refractivity (Wildman–Crippen MR) is 76.5 cm³/mol. The number of benzene rings is 1. The summed E-state index contributed by atoms with van der Waals surface area (Å²) in [6, 6.07) is 7.95. The van der Waals surface area contributed by atoms with E-state index in [2.05, 4.69) is 10.3 Å². The third kappa shape index (κ3) is 2.70. The van der Waals surface area contributed by atoms with Gasteiger partial charge in [-0.3, -0.25) is 0 Å². The fourth-order valence-electron chi connectivity index (χ4n) is 2.83. The summed E-state index contributed by atoms with van der Waals surface area (Å²) in [4.78, 5) is 4.20. The number of hydrogen-bond donors (Lipinski definition) is 1. The van der Waals surface area contributed by atoms with Crippen LogP contribution in [0.5, 0.6) is 0 Å². The van der Waals surface area contributed by atoms with Crippen molar-refractivity contribution in [3.8, 4) is 0 Å². The highest BCUT2D eigenvalue weighted by molar-refractivity contribution is 7.11. The van der Waals surface area contributed by atoms with E-state index in [1.807, 2.05) is 24.3 Å². The standard InChI is InChI=1S/C15H15F3N2S/c1-19-8-12-13(15(16,17)18)20-14(21-12)11-7-6-9-4-2-3-5-10(9)11/h2-5,11,19H,6-8H2,1H3. The summed E-state index contributed by atoms with van der Waals surface area (Å²) < 4.78 is 39.3. The second-order valence-corrected chi connectivity index (χ2v) is 6.26. The van der Waals surface area contributed by atoms with Gasteiger partial charge < -0.3 is 5.32 Å². The smallest absolute Gasteiger partial charge is 0.315 e. The molecule has 1 aliphatic rings. The summed E-state index contributed by atoms with van der Waals surface area (Å²) >= 11 is 1.18. The normalized spacial score (nSPS) is 18.0. The molecule has 6 heteroatoms. The maximum atomic E-state index is 13.1. The monoisotopic (exact) mass is 312 g/mol. The first-order valence-corrected chi connectivity index (χ1v) is 7.61. The number of hydrogen-bond acceptors (Lipinski definition) is 3. The third-order valence-corrected chi connectivity index (χ3v) is 4.92. The van der Waals surface area contributed by atoms with Crippen LogP contribution in [0.1, 0.15) is 39.0 Å². The van der Waals surface area contributed by atoms with E-state index in [4.69, 9.17) is 0 Å². The zero-order chi connectivity index (χ0) is 15.0. The fourth-order valence-corrected chi connectivity index (χ4v) is 4.09. The molecule has 2 aromatic rings. The van der Waals surface area contributed by atoms with E-state index < -0.39 is 11.9 Å². The number of aryl methyl sites for hydroxylation is 1. The van der Waals surface area contributed by atoms with E-state index in [1.54, 1.807) is 7.05 Å². The molecule has 0 aliphatic heterocycles. The molecule has 0 radical (unpaired) electrons. The summed E-state index contributed by atoms with van der Waals surface area (Å²) in [5, 5.41) is 3.37. The number of halogens is 3. The first-order chi connectivity index (χ1) is 10.0. The summed E-state index contributed by atoms with van der Waals surface area (Å²) in [6.45, 7) is 0.195. The van der Waals surface area contributed by atoms with Gasteiger partial charge in [0.05, 0.1) is 4.88 Å². The second-order valence-electron chi connectivity index (χ2n) is 5.14. The van der Waals surface area contributed by atoms with Gasteiger partial charge in [0.2, 0.25) is 0 Å². The highest BCUT2D eigenvalue weighted by Crippen LogP contribution is 2.43. The molecule has 1 aliphatic carbocycles. The number of nitrogens with one attached hydrogen (secondary N) is 1. The summed E-state index contributed by atoms with van der Waals surface area (Å²) in [5.74, 6) is -0.00194. The van der Waals surface area contributed by atoms with Crippen LogP contribution in [0.2, 0.25) is 0 Å². The van der Waals surface area contributed by atoms with Gasteiger partial charge in [-0.2, -0.15) is 13.2 Å². The predicted octanol–water partition coefficient (Wildman–Crippen LogP) is 3.96. The lowest BCUT2D eigenvalue weighted by atomic mass is 10.0. The molecule has 1 N–H and O–H groups in total. The Kier molecular flexibility index (Phi) is 3.75. The molecule has 0 spiro atoms. The van der Waals surface area contributed by atoms with Gasteiger partial charge in [-0.1, -0.05) is 24.3 Å². The summed E-state index contributed by atoms with van der Waals surface area (Å²) in [7, 11) is 1.64. The van der Waals surface area contributed by atoms with Gasteiger partial charge in [0, 0.05) is 12.5 Å². The molecule has 0 saturated carbocycles. The fraction of sp³-hybridized carbons (Fsp3) is 0.400. The largest absolute Gasteiger partial charge is 0.434 e. The van der Waals surface area contributed by atoms with Crippen LogP contribution in [-0.2, 0) is 19.1 Å². The van der Waals surface area contributed by atoms with Crippen LogP contribution in [0, 0.1) is 0 Å². The first kappa shape index (κ1) is 14.5. The third-order valence-electron chi connectivity index (χ3n) is 3.75. The summed E-state index contributed by atoms with van der Waals surface area (Å²) in [6.07, 6.45) is -2.65. The van der Waals surface area contributed by atoms with Crippen molar-refractivity contribution in [2.45, 2.75) is 31.5 Å². The van der Waals surface area contributed by atoms with Crippen LogP contribution in [0.4, 0.5) is 13.2 Å². The van der Waals surface area contributed by atoms with Crippen LogP contribution in [-0.4, -0.2) is 12.0 Å². The molecule has 0 amide bonds. The Hall–Kier alpha value is -1.40. The van der Waals surface area contributed by atoms with Crippen molar-refractivity contribution in [2.75, 3.05) is 7.05 Å². The van der Waals surface area contributed by atoms with Gasteiger partial charge in [-0.05, 0) is 31.0 Å². The maximum Gasteiger partial charge on any atom is 0.434 e. The van der Waals surface area contributed by atoms with Gasteiger partial charge >= 0.3 is 6.18 Å². The zero-order valence-electron chi connectivity index (χ0n) is 11.5. The quantitative estimate of drug-likeness (QED) is 0.928. The van der Waals surface area contributed by atoms with Crippen molar-refractivity contribution in [1.82, 2.24) is 10.3 Å². The highest BCUT2D eigenvalue weighted by Gasteiger charge is 2.38. The average Bonchev–Trinajstić information content (AvgIpc) is 3.02. The van der Waals surface area contributed by atoms with E-state index in [0.29, 0.717) is 5.01 Å². The van der Waals surface area contributed by atoms with Crippen molar-refractivity contribution in [3.63, 3.8) is 0 Å². The zero-order valence-corrected chi connectivity index (χ0v) is 12.3. The molecule has 3 rings (SSSR count). The number of nitrogens with zero attached hydrogens (tertiary/aromatic N) is 1. The van der Waals surface area contributed by atoms with Crippen LogP contribution >= 0.6 is 11.3 Å². The van der Waals surface area contributed by atoms with Gasteiger partial charge in [-0.15, -0.1) is 11.3 Å². The van der Waals surface area contributed by atoms with Crippen LogP contribution in [0.25, 0.3) is 0 Å². The molecule has 2 nitrogen and oxygen atoms in total. The average molecular weight is 312 g/mol. The molecule has 0 bridgehead atoms. The van der Waals surface area contributed by atoms with Crippen molar-refractivity contribution >= 4 is 11.3 Å². The van der Waals surface area contributed by atoms with Gasteiger partial charge in [0.25, 0.3) is 0 Å². The van der Waals surface area contributed by atoms with Crippen LogP contribution in [0.15, 0.2) is 24.3 Å². The molecule has 1 aromatic carbocycles. The van der Waals surface area contributed by atoms with E-state index in [-0.39, 0.29) is 17.3 Å². The number of thiazole rings is 1. The Labute approximate surface area is 125 Å². The molecule has 0 saturated heterocycles. The van der Waals surface area contributed by atoms with E-state index in [9.17, 15) is 13.2 Å². The lowest BCUT2D eigenvalue weighted by molar-refractivity contribution is -0.141. The van der Waals surface area contributed by atoms with E-state index in [0.717, 1.165) is 18.4 Å². The molecule has 1 aromatic heterocycles. The Morgan fingerprint density at radius 1 is 1.33 bits per heavy atom. The van der Waals surface area contributed by atoms with Crippen LogP contribution < -0.4 is 5.32 Å². The minimum absolute atomic E-state index is 0.00194. The second kappa shape index (κ2) is 5.42. The topological polar surface area (TPSA) is 24.9 Å². The minimum atomic E-state index is -4.39. The van der Waals surface area contributed by atoms with E-state index in [1.165, 1.54) is 16.9 Å². The van der Waals surface area contributed by atoms with Gasteiger partial charge in [0.15, 0.2) is 5.69 Å². The number of aromatic nitrogens is 1. The molecular formula is C15H15F3N2S. The van der Waals surface area contributed by atoms with Crippen molar-refractivity contribution in [1.29, 1.82) is 0 Å². The molecule has 112 valence electrons. The van der Waals surface area contributed by atoms with Gasteiger partial charge in [-0.25, -0.2) is 4.98 Å². The Bertz CT molecular complexity index is 649. The molecule has 21 heavy (non-hydrogen) atoms. The number of alkyl halides is 3. The van der Waals surface area contributed by atoms with Crippen molar-refractivity contribution < 1.29 is 13.2 Å². The van der Waals surface area contributed by atoms with Gasteiger partial charge in [0.1, 0.15) is 5.01 Å². The maximum absolute atomic E-state index is 13.1. The highest BCUT2D eigenvalue weighted by atomic mass is 32.1. The number of rotatable bonds is 3. The van der Waals surface area contributed by atoms with Crippen molar-refractivity contribution in [3.05, 3.63) is 51.0 Å². The molecule has 1 atom stereocenters. The first-order valence-electron chi connectivity index (χ1n) is 6.80. The lowest BCUT2D eigenvalue weighted by Gasteiger charge is -2.07. The molecule has 0 fully saturated rings. The molecule has 1 heterocycles. The molecular weight excluding hydrogens is 297 g/mol. The summed E-state index contributed by atoms with van der Waals surface area (Å²) in [5.41, 5.74) is 1.61. The Balaban J connectivity index is 2.01. The minimum Gasteiger partial charge on any atom is -0.315 e. The Morgan fingerprint density at radius 3 is 2.81 bits per heavy atom. The van der Waals surface area contributed by atoms with E-state index >= 15 is 0 Å². The SMILES string of the molecule is CNCc1sc(C2CCc3ccccc32)nc1C(F)(F)F. The number of fused-ring (bicyclic) bond motifs is 1. The Morgan fingerprint density at radius 2 is 2.10 bits per heavy atom. The molecule has 1 unspecified atom stereocenters. The lowest BCUT2D eigenvalue weighted by Crippen LogP contribution is -2.13. The van der Waals surface area contributed by atoms with Crippen molar-refractivity contribution in [2.24, 2.45) is 0 Å².